The summed E-state index contributed by atoms with van der Waals surface area (Å²) >= 11 is 0. The van der Waals surface area contributed by atoms with Crippen molar-refractivity contribution in [2.24, 2.45) is 46.3 Å². The van der Waals surface area contributed by atoms with Gasteiger partial charge in [-0.05, 0) is 123 Å². The molecule has 0 bridgehead atoms. The van der Waals surface area contributed by atoms with Crippen molar-refractivity contribution in [3.05, 3.63) is 0 Å². The average molecular weight is 461 g/mol. The molecule has 33 heavy (non-hydrogen) atoms. The highest BCUT2D eigenvalue weighted by Gasteiger charge is 2.60. The monoisotopic (exact) mass is 460 g/mol. The largest absolute Gasteiger partial charge is 0.436 e. The first-order chi connectivity index (χ1) is 15.8. The summed E-state index contributed by atoms with van der Waals surface area (Å²) in [7, 11) is 0. The van der Waals surface area contributed by atoms with Gasteiger partial charge in [0, 0.05) is 12.8 Å². The molecule has 2 unspecified atom stereocenters. The second kappa shape index (κ2) is 9.45. The van der Waals surface area contributed by atoms with Gasteiger partial charge < -0.3 is 14.6 Å². The van der Waals surface area contributed by atoms with Gasteiger partial charge in [-0.15, -0.1) is 0 Å². The third-order valence-electron chi connectivity index (χ3n) is 11.6. The van der Waals surface area contributed by atoms with Crippen LogP contribution in [0.2, 0.25) is 0 Å². The topological polar surface area (TPSA) is 55.8 Å². The van der Waals surface area contributed by atoms with Gasteiger partial charge in [-0.3, -0.25) is 4.79 Å². The molecule has 1 aliphatic heterocycles. The first-order valence-electron chi connectivity index (χ1n) is 14.3. The maximum absolute atomic E-state index is 12.5. The normalized spacial score (nSPS) is 48.3. The molecule has 1 saturated heterocycles. The van der Waals surface area contributed by atoms with Gasteiger partial charge in [-0.1, -0.05) is 20.8 Å². The Morgan fingerprint density at radius 2 is 1.79 bits per heavy atom. The molecular weight excluding hydrogens is 412 g/mol. The lowest BCUT2D eigenvalue weighted by Gasteiger charge is -2.61. The van der Waals surface area contributed by atoms with Gasteiger partial charge in [-0.2, -0.15) is 0 Å². The van der Waals surface area contributed by atoms with Gasteiger partial charge in [0.25, 0.3) is 0 Å². The smallest absolute Gasteiger partial charge is 0.308 e. The summed E-state index contributed by atoms with van der Waals surface area (Å²) in [5.74, 6) is 4.59. The molecule has 1 heterocycles. The molecule has 0 radical (unpaired) electrons. The van der Waals surface area contributed by atoms with E-state index in [2.05, 4.69) is 20.8 Å². The number of fused-ring (bicyclic) bond motifs is 5. The van der Waals surface area contributed by atoms with E-state index in [0.29, 0.717) is 23.2 Å². The minimum absolute atomic E-state index is 0.0541. The molecule has 4 heteroatoms. The molecule has 4 saturated carbocycles. The number of hydrogen-bond donors (Lipinski definition) is 1. The van der Waals surface area contributed by atoms with E-state index in [1.54, 1.807) is 0 Å². The zero-order chi connectivity index (χ0) is 23.2. The summed E-state index contributed by atoms with van der Waals surface area (Å²) in [5.41, 5.74) is 0.895. The van der Waals surface area contributed by atoms with Crippen LogP contribution in [-0.4, -0.2) is 30.1 Å². The molecule has 188 valence electrons. The number of aliphatic hydroxyl groups excluding tert-OH is 1. The molecule has 5 rings (SSSR count). The van der Waals surface area contributed by atoms with Crippen molar-refractivity contribution in [3.8, 4) is 0 Å². The highest BCUT2D eigenvalue weighted by Crippen LogP contribution is 2.68. The van der Waals surface area contributed by atoms with Crippen molar-refractivity contribution in [1.29, 1.82) is 0 Å². The molecule has 5 aliphatic rings. The number of rotatable bonds is 5. The summed E-state index contributed by atoms with van der Waals surface area (Å²) in [6.07, 6.45) is 15.6. The molecule has 0 spiro atoms. The number of ether oxygens (including phenoxy) is 2. The van der Waals surface area contributed by atoms with Crippen molar-refractivity contribution >= 4 is 5.97 Å². The standard InChI is InChI=1S/C29H48O4/c1-19(7-12-26(31)33-27-6-4-5-17-32-27)23-10-11-24-22-9-8-20-18-21(30)13-15-28(20,2)25(22)14-16-29(23,24)3/h19-25,27,30H,4-18H2,1-3H3/t19-,20?,21-,22+,23-,24+,25+,27?,28+,29-/m1/s1. The summed E-state index contributed by atoms with van der Waals surface area (Å²) in [4.78, 5) is 12.5. The van der Waals surface area contributed by atoms with E-state index in [1.165, 1.54) is 44.9 Å². The molecule has 4 aliphatic carbocycles. The Kier molecular flexibility index (Phi) is 6.90. The van der Waals surface area contributed by atoms with Gasteiger partial charge in [0.2, 0.25) is 6.29 Å². The van der Waals surface area contributed by atoms with Crippen LogP contribution in [0, 0.1) is 46.3 Å². The van der Waals surface area contributed by atoms with Gasteiger partial charge in [0.15, 0.2) is 0 Å². The van der Waals surface area contributed by atoms with E-state index in [0.717, 1.165) is 74.7 Å². The van der Waals surface area contributed by atoms with Crippen LogP contribution < -0.4 is 0 Å². The fourth-order valence-electron chi connectivity index (χ4n) is 9.77. The van der Waals surface area contributed by atoms with E-state index in [4.69, 9.17) is 9.47 Å². The SMILES string of the molecule is C[C@H](CCC(=O)OC1CCCCO1)[C@H]1CC[C@H]2[C@@H]3CCC4C[C@H](O)CC[C@]4(C)[C@H]3CC[C@]12C. The molecule has 10 atom stereocenters. The van der Waals surface area contributed by atoms with E-state index in [1.807, 2.05) is 0 Å². The van der Waals surface area contributed by atoms with Crippen LogP contribution in [0.3, 0.4) is 0 Å². The number of carbonyl (C=O) groups is 1. The van der Waals surface area contributed by atoms with Crippen LogP contribution in [0.25, 0.3) is 0 Å². The zero-order valence-corrected chi connectivity index (χ0v) is 21.4. The number of aliphatic hydroxyl groups is 1. The lowest BCUT2D eigenvalue weighted by Crippen LogP contribution is -2.54. The molecule has 0 amide bonds. The Balaban J connectivity index is 1.19. The fraction of sp³-hybridized carbons (Fsp3) is 0.966. The third-order valence-corrected chi connectivity index (χ3v) is 11.6. The highest BCUT2D eigenvalue weighted by molar-refractivity contribution is 5.69. The zero-order valence-electron chi connectivity index (χ0n) is 21.4. The first-order valence-corrected chi connectivity index (χ1v) is 14.3. The first kappa shape index (κ1) is 24.1. The summed E-state index contributed by atoms with van der Waals surface area (Å²) in [6.45, 7) is 8.31. The lowest BCUT2D eigenvalue weighted by atomic mass is 9.44. The molecule has 0 aromatic carbocycles. The quantitative estimate of drug-likeness (QED) is 0.476. The van der Waals surface area contributed by atoms with Crippen molar-refractivity contribution in [2.75, 3.05) is 6.61 Å². The molecule has 1 N–H and O–H groups in total. The maximum atomic E-state index is 12.5. The molecule has 5 fully saturated rings. The van der Waals surface area contributed by atoms with Crippen LogP contribution in [0.15, 0.2) is 0 Å². The van der Waals surface area contributed by atoms with Gasteiger partial charge in [0.05, 0.1) is 12.7 Å². The Morgan fingerprint density at radius 3 is 2.58 bits per heavy atom. The van der Waals surface area contributed by atoms with E-state index < -0.39 is 0 Å². The third kappa shape index (κ3) is 4.41. The molecule has 0 aromatic rings. The van der Waals surface area contributed by atoms with Gasteiger partial charge >= 0.3 is 5.97 Å². The van der Waals surface area contributed by atoms with Crippen LogP contribution in [0.1, 0.15) is 111 Å². The summed E-state index contributed by atoms with van der Waals surface area (Å²) < 4.78 is 11.2. The highest BCUT2D eigenvalue weighted by atomic mass is 16.7. The van der Waals surface area contributed by atoms with Crippen molar-refractivity contribution < 1.29 is 19.4 Å². The fourth-order valence-corrected chi connectivity index (χ4v) is 9.77. The van der Waals surface area contributed by atoms with Gasteiger partial charge in [-0.25, -0.2) is 0 Å². The predicted octanol–water partition coefficient (Wildman–Crippen LogP) is 6.49. The van der Waals surface area contributed by atoms with E-state index in [9.17, 15) is 9.90 Å². The second-order valence-electron chi connectivity index (χ2n) is 13.1. The maximum Gasteiger partial charge on any atom is 0.308 e. The molecular formula is C29H48O4. The van der Waals surface area contributed by atoms with E-state index >= 15 is 0 Å². The van der Waals surface area contributed by atoms with Crippen molar-refractivity contribution in [3.63, 3.8) is 0 Å². The lowest BCUT2D eigenvalue weighted by molar-refractivity contribution is -0.187. The van der Waals surface area contributed by atoms with Crippen LogP contribution in [0.5, 0.6) is 0 Å². The molecule has 4 nitrogen and oxygen atoms in total. The van der Waals surface area contributed by atoms with Crippen LogP contribution in [-0.2, 0) is 14.3 Å². The summed E-state index contributed by atoms with van der Waals surface area (Å²) in [6, 6.07) is 0. The minimum atomic E-state index is -0.303. The summed E-state index contributed by atoms with van der Waals surface area (Å²) in [5, 5.41) is 10.3. The number of esters is 1. The number of carbonyl (C=O) groups excluding carboxylic acids is 1. The Labute approximate surface area is 201 Å². The van der Waals surface area contributed by atoms with E-state index in [-0.39, 0.29) is 18.4 Å². The molecule has 0 aromatic heterocycles. The average Bonchev–Trinajstić information content (AvgIpc) is 3.16. The number of hydrogen-bond acceptors (Lipinski definition) is 4. The Morgan fingerprint density at radius 1 is 1.00 bits per heavy atom. The Bertz CT molecular complexity index is 702. The van der Waals surface area contributed by atoms with Crippen LogP contribution in [0.4, 0.5) is 0 Å². The minimum Gasteiger partial charge on any atom is -0.436 e. The van der Waals surface area contributed by atoms with Crippen LogP contribution >= 0.6 is 0 Å². The Hall–Kier alpha value is -0.610. The predicted molar refractivity (Wildman–Crippen MR) is 129 cm³/mol. The van der Waals surface area contributed by atoms with Crippen molar-refractivity contribution in [1.82, 2.24) is 0 Å². The van der Waals surface area contributed by atoms with Gasteiger partial charge in [0.1, 0.15) is 0 Å². The van der Waals surface area contributed by atoms with Crippen molar-refractivity contribution in [2.45, 2.75) is 123 Å². The second-order valence-corrected chi connectivity index (χ2v) is 13.1.